The zero-order valence-electron chi connectivity index (χ0n) is 15.7. The second-order valence-electron chi connectivity index (χ2n) is 6.74. The fraction of sp³-hybridized carbons (Fsp3) is 0.550. The van der Waals surface area contributed by atoms with Crippen molar-refractivity contribution in [1.82, 2.24) is 10.2 Å². The highest BCUT2D eigenvalue weighted by atomic mass is 35.5. The van der Waals surface area contributed by atoms with E-state index < -0.39 is 0 Å². The van der Waals surface area contributed by atoms with E-state index in [1.807, 2.05) is 0 Å². The van der Waals surface area contributed by atoms with Crippen LogP contribution in [0.1, 0.15) is 49.4 Å². The smallest absolute Gasteiger partial charge is 0.309 e. The Labute approximate surface area is 165 Å². The van der Waals surface area contributed by atoms with Crippen molar-refractivity contribution in [3.8, 4) is 0 Å². The molecular weight excluding hydrogens is 368 g/mol. The van der Waals surface area contributed by atoms with E-state index in [4.69, 9.17) is 16.3 Å². The Morgan fingerprint density at radius 3 is 2.44 bits per heavy atom. The van der Waals surface area contributed by atoms with Crippen LogP contribution in [0.3, 0.4) is 0 Å². The number of hydrogen-bond donors (Lipinski definition) is 1. The number of rotatable bonds is 8. The molecule has 0 aromatic heterocycles. The van der Waals surface area contributed by atoms with Gasteiger partial charge in [0.05, 0.1) is 5.92 Å². The third kappa shape index (κ3) is 6.86. The van der Waals surface area contributed by atoms with E-state index in [1.165, 1.54) is 0 Å². The van der Waals surface area contributed by atoms with Gasteiger partial charge in [0, 0.05) is 30.2 Å². The lowest BCUT2D eigenvalue weighted by atomic mass is 9.96. The zero-order chi connectivity index (χ0) is 19.6. The molecule has 2 rings (SSSR count). The molecule has 0 atom stereocenters. The lowest BCUT2D eigenvalue weighted by molar-refractivity contribution is -0.153. The van der Waals surface area contributed by atoms with Gasteiger partial charge in [0.1, 0.15) is 0 Å². The molecule has 1 aromatic carbocycles. The number of nitrogens with one attached hydrogen (secondary N) is 1. The molecule has 0 radical (unpaired) electrons. The molecule has 1 fully saturated rings. The summed E-state index contributed by atoms with van der Waals surface area (Å²) in [5.74, 6) is -0.968. The molecule has 1 aliphatic heterocycles. The van der Waals surface area contributed by atoms with Crippen molar-refractivity contribution >= 4 is 29.4 Å². The first-order valence-electron chi connectivity index (χ1n) is 9.49. The lowest BCUT2D eigenvalue weighted by Crippen LogP contribution is -2.41. The minimum absolute atomic E-state index is 0.0649. The summed E-state index contributed by atoms with van der Waals surface area (Å²) >= 11 is 5.85. The summed E-state index contributed by atoms with van der Waals surface area (Å²) in [6.07, 6.45) is 4.15. The quantitative estimate of drug-likeness (QED) is 0.543. The van der Waals surface area contributed by atoms with Crippen LogP contribution >= 0.6 is 11.6 Å². The number of nitrogens with zero attached hydrogens (tertiary/aromatic N) is 1. The van der Waals surface area contributed by atoms with Crippen molar-refractivity contribution in [3.05, 3.63) is 34.9 Å². The van der Waals surface area contributed by atoms with E-state index in [-0.39, 0.29) is 30.3 Å². The molecule has 1 aromatic rings. The van der Waals surface area contributed by atoms with Gasteiger partial charge in [-0.2, -0.15) is 0 Å². The largest absolute Gasteiger partial charge is 0.455 e. The van der Waals surface area contributed by atoms with Crippen molar-refractivity contribution < 1.29 is 19.1 Å². The Hall–Kier alpha value is -2.08. The number of carbonyl (C=O) groups is 3. The number of unbranched alkanes of at least 4 members (excludes halogenated alkanes) is 2. The fourth-order valence-electron chi connectivity index (χ4n) is 3.00. The van der Waals surface area contributed by atoms with Gasteiger partial charge in [-0.05, 0) is 43.5 Å². The molecule has 0 saturated carbocycles. The van der Waals surface area contributed by atoms with Gasteiger partial charge >= 0.3 is 5.97 Å². The minimum Gasteiger partial charge on any atom is -0.455 e. The van der Waals surface area contributed by atoms with Gasteiger partial charge in [-0.25, -0.2) is 0 Å². The standard InChI is InChI=1S/C20H27ClN2O4/c1-2-3-4-11-22-18(24)14-27-20(26)16-9-12-23(13-10-16)19(25)15-5-7-17(21)8-6-15/h5-8,16H,2-4,9-14H2,1H3,(H,22,24). The van der Waals surface area contributed by atoms with Crippen molar-refractivity contribution in [2.24, 2.45) is 5.92 Å². The maximum absolute atomic E-state index is 12.5. The molecule has 0 spiro atoms. The van der Waals surface area contributed by atoms with Crippen LogP contribution in [0.15, 0.2) is 24.3 Å². The molecule has 6 nitrogen and oxygen atoms in total. The minimum atomic E-state index is -0.364. The highest BCUT2D eigenvalue weighted by molar-refractivity contribution is 6.30. The number of carbonyl (C=O) groups excluding carboxylic acids is 3. The van der Waals surface area contributed by atoms with Crippen LogP contribution in [0.4, 0.5) is 0 Å². The lowest BCUT2D eigenvalue weighted by Gasteiger charge is -2.31. The van der Waals surface area contributed by atoms with E-state index in [0.717, 1.165) is 19.3 Å². The molecule has 148 valence electrons. The van der Waals surface area contributed by atoms with Crippen LogP contribution in [-0.4, -0.2) is 48.9 Å². The van der Waals surface area contributed by atoms with Crippen LogP contribution in [0.25, 0.3) is 0 Å². The molecular formula is C20H27ClN2O4. The number of ether oxygens (including phenoxy) is 1. The van der Waals surface area contributed by atoms with E-state index in [9.17, 15) is 14.4 Å². The number of likely N-dealkylation sites (tertiary alicyclic amines) is 1. The Balaban J connectivity index is 1.70. The number of halogens is 1. The predicted octanol–water partition coefficient (Wildman–Crippen LogP) is 3.04. The van der Waals surface area contributed by atoms with Gasteiger partial charge in [0.25, 0.3) is 11.8 Å². The summed E-state index contributed by atoms with van der Waals surface area (Å²) in [5, 5.41) is 3.33. The highest BCUT2D eigenvalue weighted by Gasteiger charge is 2.29. The molecule has 1 aliphatic rings. The number of benzene rings is 1. The Morgan fingerprint density at radius 1 is 1.15 bits per heavy atom. The van der Waals surface area contributed by atoms with Gasteiger partial charge in [-0.1, -0.05) is 31.4 Å². The molecule has 0 aliphatic carbocycles. The van der Waals surface area contributed by atoms with Crippen molar-refractivity contribution in [2.45, 2.75) is 39.0 Å². The zero-order valence-corrected chi connectivity index (χ0v) is 16.5. The first-order chi connectivity index (χ1) is 13.0. The summed E-state index contributed by atoms with van der Waals surface area (Å²) in [6, 6.07) is 6.77. The van der Waals surface area contributed by atoms with Crippen molar-refractivity contribution in [3.63, 3.8) is 0 Å². The van der Waals surface area contributed by atoms with E-state index in [2.05, 4.69) is 12.2 Å². The molecule has 7 heteroatoms. The Kier molecular flexibility index (Phi) is 8.58. The number of amides is 2. The SMILES string of the molecule is CCCCCNC(=O)COC(=O)C1CCN(C(=O)c2ccc(Cl)cc2)CC1. The normalized spacial score (nSPS) is 14.7. The summed E-state index contributed by atoms with van der Waals surface area (Å²) < 4.78 is 5.12. The fourth-order valence-corrected chi connectivity index (χ4v) is 3.13. The summed E-state index contributed by atoms with van der Waals surface area (Å²) in [6.45, 7) is 3.44. The van der Waals surface area contributed by atoms with Crippen LogP contribution in [0.5, 0.6) is 0 Å². The van der Waals surface area contributed by atoms with Gasteiger partial charge in [0.2, 0.25) is 0 Å². The predicted molar refractivity (Wildman–Crippen MR) is 104 cm³/mol. The maximum atomic E-state index is 12.5. The van der Waals surface area contributed by atoms with Gasteiger partial charge < -0.3 is 15.0 Å². The third-order valence-corrected chi connectivity index (χ3v) is 4.91. The molecule has 0 unspecified atom stereocenters. The highest BCUT2D eigenvalue weighted by Crippen LogP contribution is 2.21. The van der Waals surface area contributed by atoms with Gasteiger partial charge in [0.15, 0.2) is 6.61 Å². The van der Waals surface area contributed by atoms with Crippen LogP contribution < -0.4 is 5.32 Å². The van der Waals surface area contributed by atoms with Crippen LogP contribution in [0.2, 0.25) is 5.02 Å². The molecule has 1 saturated heterocycles. The van der Waals surface area contributed by atoms with Crippen LogP contribution in [0, 0.1) is 5.92 Å². The Bertz CT molecular complexity index is 640. The first kappa shape index (κ1) is 21.2. The van der Waals surface area contributed by atoms with E-state index in [1.54, 1.807) is 29.2 Å². The monoisotopic (exact) mass is 394 g/mol. The first-order valence-corrected chi connectivity index (χ1v) is 9.87. The molecule has 1 N–H and O–H groups in total. The summed E-state index contributed by atoms with van der Waals surface area (Å²) in [7, 11) is 0. The van der Waals surface area contributed by atoms with Gasteiger partial charge in [-0.15, -0.1) is 0 Å². The molecule has 1 heterocycles. The second-order valence-corrected chi connectivity index (χ2v) is 7.17. The van der Waals surface area contributed by atoms with Crippen LogP contribution in [-0.2, 0) is 14.3 Å². The summed E-state index contributed by atoms with van der Waals surface area (Å²) in [5.41, 5.74) is 0.583. The third-order valence-electron chi connectivity index (χ3n) is 4.65. The molecule has 2 amide bonds. The number of esters is 1. The number of piperidine rings is 1. The molecule has 0 bridgehead atoms. The van der Waals surface area contributed by atoms with Crippen molar-refractivity contribution in [2.75, 3.05) is 26.2 Å². The second kappa shape index (κ2) is 10.9. The Morgan fingerprint density at radius 2 is 1.81 bits per heavy atom. The average molecular weight is 395 g/mol. The average Bonchev–Trinajstić information content (AvgIpc) is 2.69. The maximum Gasteiger partial charge on any atom is 0.309 e. The summed E-state index contributed by atoms with van der Waals surface area (Å²) in [4.78, 5) is 38.0. The van der Waals surface area contributed by atoms with Crippen molar-refractivity contribution in [1.29, 1.82) is 0 Å². The number of hydrogen-bond acceptors (Lipinski definition) is 4. The topological polar surface area (TPSA) is 75.7 Å². The van der Waals surface area contributed by atoms with Gasteiger partial charge in [-0.3, -0.25) is 14.4 Å². The van der Waals surface area contributed by atoms with E-state index >= 15 is 0 Å². The van der Waals surface area contributed by atoms with E-state index in [0.29, 0.717) is 43.1 Å². The molecule has 27 heavy (non-hydrogen) atoms.